The van der Waals surface area contributed by atoms with Gasteiger partial charge in [0.25, 0.3) is 5.91 Å². The number of benzene rings is 1. The Morgan fingerprint density at radius 3 is 2.68 bits per heavy atom. The first-order chi connectivity index (χ1) is 9.08. The van der Waals surface area contributed by atoms with Gasteiger partial charge in [-0.25, -0.2) is 0 Å². The number of hydrogen-bond donors (Lipinski definition) is 3. The quantitative estimate of drug-likeness (QED) is 0.656. The summed E-state index contributed by atoms with van der Waals surface area (Å²) < 4.78 is 0. The number of aryl methyl sites for hydroxylation is 1. The van der Waals surface area contributed by atoms with Crippen LogP contribution in [-0.4, -0.2) is 32.0 Å². The van der Waals surface area contributed by atoms with E-state index in [9.17, 15) is 9.59 Å². The second-order valence-corrected chi connectivity index (χ2v) is 3.89. The van der Waals surface area contributed by atoms with Crippen LogP contribution in [0.5, 0.6) is 0 Å². The van der Waals surface area contributed by atoms with E-state index < -0.39 is 0 Å². The molecule has 100 valence electrons. The lowest BCUT2D eigenvalue weighted by atomic mass is 10.0. The van der Waals surface area contributed by atoms with E-state index in [4.69, 9.17) is 5.73 Å². The van der Waals surface area contributed by atoms with E-state index >= 15 is 0 Å². The lowest BCUT2D eigenvalue weighted by Crippen LogP contribution is -2.35. The summed E-state index contributed by atoms with van der Waals surface area (Å²) in [6.07, 6.45) is 0. The normalized spacial score (nSPS) is 9.21. The van der Waals surface area contributed by atoms with Crippen LogP contribution >= 0.6 is 0 Å². The molecule has 1 aromatic carbocycles. The Kier molecular flexibility index (Phi) is 5.58. The van der Waals surface area contributed by atoms with Crippen molar-refractivity contribution < 1.29 is 9.59 Å². The third-order valence-corrected chi connectivity index (χ3v) is 2.50. The Balaban J connectivity index is 2.77. The van der Waals surface area contributed by atoms with Crippen molar-refractivity contribution in [1.29, 1.82) is 0 Å². The van der Waals surface area contributed by atoms with Gasteiger partial charge in [-0.3, -0.25) is 9.59 Å². The van der Waals surface area contributed by atoms with Crippen LogP contribution in [-0.2, 0) is 4.79 Å². The maximum atomic E-state index is 11.8. The fourth-order valence-electron chi connectivity index (χ4n) is 1.44. The van der Waals surface area contributed by atoms with E-state index in [0.29, 0.717) is 12.1 Å². The number of carbonyl (C=O) groups is 2. The molecule has 0 aliphatic rings. The highest BCUT2D eigenvalue weighted by Crippen LogP contribution is 2.10. The highest BCUT2D eigenvalue weighted by molar-refractivity contribution is 5.96. The molecule has 0 saturated heterocycles. The van der Waals surface area contributed by atoms with E-state index in [2.05, 4.69) is 22.5 Å². The zero-order chi connectivity index (χ0) is 14.3. The van der Waals surface area contributed by atoms with Crippen LogP contribution in [0.15, 0.2) is 18.2 Å². The second kappa shape index (κ2) is 7.19. The van der Waals surface area contributed by atoms with Gasteiger partial charge in [0.1, 0.15) is 0 Å². The van der Waals surface area contributed by atoms with E-state index in [0.717, 1.165) is 11.1 Å². The smallest absolute Gasteiger partial charge is 0.251 e. The van der Waals surface area contributed by atoms with Crippen molar-refractivity contribution in [2.45, 2.75) is 6.92 Å². The van der Waals surface area contributed by atoms with Crippen molar-refractivity contribution in [2.24, 2.45) is 5.73 Å². The molecule has 0 saturated carbocycles. The average molecular weight is 259 g/mol. The first-order valence-electron chi connectivity index (χ1n) is 5.87. The molecule has 5 nitrogen and oxygen atoms in total. The van der Waals surface area contributed by atoms with Crippen molar-refractivity contribution in [3.8, 4) is 11.8 Å². The highest BCUT2D eigenvalue weighted by atomic mass is 16.2. The predicted molar refractivity (Wildman–Crippen MR) is 73.5 cm³/mol. The second-order valence-electron chi connectivity index (χ2n) is 3.89. The van der Waals surface area contributed by atoms with Crippen molar-refractivity contribution in [3.63, 3.8) is 0 Å². The number of amides is 2. The van der Waals surface area contributed by atoms with Gasteiger partial charge in [-0.2, -0.15) is 0 Å². The monoisotopic (exact) mass is 259 g/mol. The molecular formula is C14H17N3O2. The molecule has 0 aromatic heterocycles. The fourth-order valence-corrected chi connectivity index (χ4v) is 1.44. The SMILES string of the molecule is CNC(=O)CNC(=O)c1ccc(C#CCN)c(C)c1. The number of carbonyl (C=O) groups excluding carboxylic acids is 2. The molecule has 0 spiro atoms. The molecule has 19 heavy (non-hydrogen) atoms. The largest absolute Gasteiger partial charge is 0.358 e. The molecular weight excluding hydrogens is 242 g/mol. The highest BCUT2D eigenvalue weighted by Gasteiger charge is 2.08. The molecule has 0 radical (unpaired) electrons. The Bertz CT molecular complexity index is 541. The standard InChI is InChI=1S/C14H17N3O2/c1-10-8-12(6-5-11(10)4-3-7-15)14(19)17-9-13(18)16-2/h5-6,8H,7,9,15H2,1-2H3,(H,16,18)(H,17,19). The van der Waals surface area contributed by atoms with Gasteiger partial charge in [-0.15, -0.1) is 0 Å². The molecule has 0 bridgehead atoms. The minimum absolute atomic E-state index is 0.0386. The molecule has 0 aliphatic carbocycles. The first kappa shape index (κ1) is 14.7. The molecule has 0 atom stereocenters. The van der Waals surface area contributed by atoms with Crippen LogP contribution < -0.4 is 16.4 Å². The lowest BCUT2D eigenvalue weighted by Gasteiger charge is -2.06. The van der Waals surface area contributed by atoms with E-state index in [1.54, 1.807) is 18.2 Å². The van der Waals surface area contributed by atoms with Gasteiger partial charge in [-0.1, -0.05) is 11.8 Å². The van der Waals surface area contributed by atoms with Gasteiger partial charge >= 0.3 is 0 Å². The zero-order valence-corrected chi connectivity index (χ0v) is 11.0. The van der Waals surface area contributed by atoms with Crippen molar-refractivity contribution in [3.05, 3.63) is 34.9 Å². The summed E-state index contributed by atoms with van der Waals surface area (Å²) in [5, 5.41) is 4.96. The molecule has 0 aliphatic heterocycles. The molecule has 5 heteroatoms. The van der Waals surface area contributed by atoms with Crippen LogP contribution in [0.25, 0.3) is 0 Å². The maximum absolute atomic E-state index is 11.8. The molecule has 1 aromatic rings. The molecule has 0 fully saturated rings. The van der Waals surface area contributed by atoms with Crippen LogP contribution in [0.1, 0.15) is 21.5 Å². The van der Waals surface area contributed by atoms with Crippen molar-refractivity contribution in [1.82, 2.24) is 10.6 Å². The minimum atomic E-state index is -0.287. The molecule has 1 rings (SSSR count). The Hall–Kier alpha value is -2.32. The predicted octanol–water partition coefficient (Wildman–Crippen LogP) is -0.219. The summed E-state index contributed by atoms with van der Waals surface area (Å²) >= 11 is 0. The Morgan fingerprint density at radius 2 is 2.11 bits per heavy atom. The van der Waals surface area contributed by atoms with Crippen molar-refractivity contribution in [2.75, 3.05) is 20.1 Å². The van der Waals surface area contributed by atoms with E-state index in [-0.39, 0.29) is 18.4 Å². The van der Waals surface area contributed by atoms with E-state index in [1.165, 1.54) is 7.05 Å². The molecule has 4 N–H and O–H groups in total. The summed E-state index contributed by atoms with van der Waals surface area (Å²) in [6, 6.07) is 5.18. The minimum Gasteiger partial charge on any atom is -0.358 e. The molecule has 2 amide bonds. The number of nitrogens with one attached hydrogen (secondary N) is 2. The summed E-state index contributed by atoms with van der Waals surface area (Å²) in [5.41, 5.74) is 7.55. The van der Waals surface area contributed by atoms with Gasteiger partial charge in [-0.05, 0) is 30.7 Å². The fraction of sp³-hybridized carbons (Fsp3) is 0.286. The van der Waals surface area contributed by atoms with Gasteiger partial charge < -0.3 is 16.4 Å². The molecule has 0 heterocycles. The van der Waals surface area contributed by atoms with Gasteiger partial charge in [0.2, 0.25) is 5.91 Å². The number of likely N-dealkylation sites (N-methyl/N-ethyl adjacent to an activating group) is 1. The lowest BCUT2D eigenvalue weighted by molar-refractivity contribution is -0.119. The van der Waals surface area contributed by atoms with Crippen LogP contribution in [0.2, 0.25) is 0 Å². The Labute approximate surface area is 112 Å². The number of rotatable bonds is 3. The van der Waals surface area contributed by atoms with Crippen LogP contribution in [0.4, 0.5) is 0 Å². The third-order valence-electron chi connectivity index (χ3n) is 2.50. The summed E-state index contributed by atoms with van der Waals surface area (Å²) in [6.45, 7) is 2.13. The summed E-state index contributed by atoms with van der Waals surface area (Å²) in [4.78, 5) is 22.8. The number of nitrogens with two attached hydrogens (primary N) is 1. The third kappa shape index (κ3) is 4.45. The maximum Gasteiger partial charge on any atom is 0.251 e. The Morgan fingerprint density at radius 1 is 1.37 bits per heavy atom. The van der Waals surface area contributed by atoms with Gasteiger partial charge in [0, 0.05) is 18.2 Å². The van der Waals surface area contributed by atoms with Gasteiger partial charge in [0.15, 0.2) is 0 Å². The van der Waals surface area contributed by atoms with Crippen molar-refractivity contribution >= 4 is 11.8 Å². The topological polar surface area (TPSA) is 84.2 Å². The van der Waals surface area contributed by atoms with Crippen LogP contribution in [0.3, 0.4) is 0 Å². The van der Waals surface area contributed by atoms with Gasteiger partial charge in [0.05, 0.1) is 13.1 Å². The average Bonchev–Trinajstić information content (AvgIpc) is 2.42. The van der Waals surface area contributed by atoms with Crippen LogP contribution in [0, 0.1) is 18.8 Å². The number of hydrogen-bond acceptors (Lipinski definition) is 3. The zero-order valence-electron chi connectivity index (χ0n) is 11.0. The van der Waals surface area contributed by atoms with E-state index in [1.807, 2.05) is 6.92 Å². The molecule has 0 unspecified atom stereocenters. The first-order valence-corrected chi connectivity index (χ1v) is 5.87. The summed E-state index contributed by atoms with van der Waals surface area (Å²) in [5.74, 6) is 5.17. The summed E-state index contributed by atoms with van der Waals surface area (Å²) in [7, 11) is 1.52.